The van der Waals surface area contributed by atoms with Crippen LogP contribution in [0.15, 0.2) is 24.3 Å². The lowest BCUT2D eigenvalue weighted by atomic mass is 9.74. The summed E-state index contributed by atoms with van der Waals surface area (Å²) in [5, 5.41) is 3.35. The first-order valence-corrected chi connectivity index (χ1v) is 7.45. The molecule has 1 aromatic carbocycles. The molecule has 0 fully saturated rings. The second-order valence-electron chi connectivity index (χ2n) is 5.55. The standard InChI is InChI=1S/C16H22F3NO/c1-2-20-14(7-8-21-11-16(17,18)19)10-13-9-12-5-3-4-6-15(12)13/h3-6,13-14,20H,2,7-11H2,1H3. The van der Waals surface area contributed by atoms with Gasteiger partial charge >= 0.3 is 6.18 Å². The van der Waals surface area contributed by atoms with Crippen LogP contribution in [0.1, 0.15) is 36.8 Å². The third-order valence-corrected chi connectivity index (χ3v) is 3.90. The van der Waals surface area contributed by atoms with E-state index in [9.17, 15) is 13.2 Å². The molecule has 0 bridgehead atoms. The summed E-state index contributed by atoms with van der Waals surface area (Å²) in [6.45, 7) is 1.82. The number of nitrogens with one attached hydrogen (secondary N) is 1. The Hall–Kier alpha value is -1.07. The van der Waals surface area contributed by atoms with Gasteiger partial charge in [0, 0.05) is 12.6 Å². The van der Waals surface area contributed by atoms with Crippen LogP contribution in [0.25, 0.3) is 0 Å². The van der Waals surface area contributed by atoms with Crippen LogP contribution in [-0.2, 0) is 11.2 Å². The molecular weight excluding hydrogens is 279 g/mol. The van der Waals surface area contributed by atoms with E-state index >= 15 is 0 Å². The summed E-state index contributed by atoms with van der Waals surface area (Å²) in [6, 6.07) is 8.58. The van der Waals surface area contributed by atoms with Gasteiger partial charge in [0.2, 0.25) is 0 Å². The Morgan fingerprint density at radius 1 is 1.33 bits per heavy atom. The number of fused-ring (bicyclic) bond motifs is 1. The van der Waals surface area contributed by atoms with Gasteiger partial charge in [0.15, 0.2) is 0 Å². The number of ether oxygens (including phenoxy) is 1. The maximum Gasteiger partial charge on any atom is 0.411 e. The third kappa shape index (κ3) is 5.00. The minimum Gasteiger partial charge on any atom is -0.372 e. The number of rotatable bonds is 8. The zero-order chi connectivity index (χ0) is 15.3. The normalized spacial score (nSPS) is 19.0. The van der Waals surface area contributed by atoms with Crippen LogP contribution in [0.4, 0.5) is 13.2 Å². The quantitative estimate of drug-likeness (QED) is 0.740. The molecule has 0 saturated carbocycles. The predicted molar refractivity (Wildman–Crippen MR) is 76.5 cm³/mol. The van der Waals surface area contributed by atoms with Crippen LogP contribution >= 0.6 is 0 Å². The molecule has 0 radical (unpaired) electrons. The van der Waals surface area contributed by atoms with E-state index in [1.165, 1.54) is 11.1 Å². The molecule has 1 aliphatic carbocycles. The summed E-state index contributed by atoms with van der Waals surface area (Å²) in [5.74, 6) is 0.521. The van der Waals surface area contributed by atoms with Crippen molar-refractivity contribution in [2.45, 2.75) is 44.3 Å². The zero-order valence-electron chi connectivity index (χ0n) is 12.2. The molecule has 2 nitrogen and oxygen atoms in total. The first kappa shape index (κ1) is 16.3. The van der Waals surface area contributed by atoms with Crippen molar-refractivity contribution in [1.29, 1.82) is 0 Å². The maximum atomic E-state index is 12.0. The van der Waals surface area contributed by atoms with Gasteiger partial charge in [0.25, 0.3) is 0 Å². The first-order chi connectivity index (χ1) is 9.99. The minimum absolute atomic E-state index is 0.144. The lowest BCUT2D eigenvalue weighted by Gasteiger charge is -2.33. The van der Waals surface area contributed by atoms with E-state index in [4.69, 9.17) is 4.74 Å². The Morgan fingerprint density at radius 3 is 2.76 bits per heavy atom. The van der Waals surface area contributed by atoms with Gasteiger partial charge < -0.3 is 10.1 Å². The molecule has 0 heterocycles. The first-order valence-electron chi connectivity index (χ1n) is 7.45. The van der Waals surface area contributed by atoms with Gasteiger partial charge in [-0.25, -0.2) is 0 Å². The van der Waals surface area contributed by atoms with Crippen LogP contribution in [0.2, 0.25) is 0 Å². The molecule has 2 rings (SSSR count). The number of hydrogen-bond donors (Lipinski definition) is 1. The van der Waals surface area contributed by atoms with Gasteiger partial charge in [0.05, 0.1) is 0 Å². The van der Waals surface area contributed by atoms with Gasteiger partial charge in [-0.15, -0.1) is 0 Å². The van der Waals surface area contributed by atoms with E-state index < -0.39 is 12.8 Å². The lowest BCUT2D eigenvalue weighted by Crippen LogP contribution is -2.34. The number of halogens is 3. The Bertz CT molecular complexity index is 447. The van der Waals surface area contributed by atoms with Crippen LogP contribution in [-0.4, -0.2) is 32.0 Å². The number of hydrogen-bond acceptors (Lipinski definition) is 2. The number of alkyl halides is 3. The highest BCUT2D eigenvalue weighted by Gasteiger charge is 2.29. The molecule has 118 valence electrons. The molecule has 2 unspecified atom stereocenters. The molecule has 1 N–H and O–H groups in total. The van der Waals surface area contributed by atoms with Crippen LogP contribution in [0.3, 0.4) is 0 Å². The fraction of sp³-hybridized carbons (Fsp3) is 0.625. The van der Waals surface area contributed by atoms with Crippen molar-refractivity contribution in [2.75, 3.05) is 19.8 Å². The van der Waals surface area contributed by atoms with Gasteiger partial charge in [-0.05, 0) is 42.9 Å². The molecule has 21 heavy (non-hydrogen) atoms. The molecule has 1 aliphatic rings. The third-order valence-electron chi connectivity index (χ3n) is 3.90. The second kappa shape index (κ2) is 7.27. The molecule has 0 aromatic heterocycles. The largest absolute Gasteiger partial charge is 0.411 e. The van der Waals surface area contributed by atoms with E-state index in [1.807, 2.05) is 19.1 Å². The summed E-state index contributed by atoms with van der Waals surface area (Å²) in [6.07, 6.45) is -1.59. The summed E-state index contributed by atoms with van der Waals surface area (Å²) < 4.78 is 40.8. The Balaban J connectivity index is 1.75. The molecule has 0 aliphatic heterocycles. The second-order valence-corrected chi connectivity index (χ2v) is 5.55. The molecule has 2 atom stereocenters. The summed E-state index contributed by atoms with van der Waals surface area (Å²) >= 11 is 0. The topological polar surface area (TPSA) is 21.3 Å². The summed E-state index contributed by atoms with van der Waals surface area (Å²) in [7, 11) is 0. The van der Waals surface area contributed by atoms with Crippen LogP contribution in [0.5, 0.6) is 0 Å². The van der Waals surface area contributed by atoms with Crippen LogP contribution < -0.4 is 5.32 Å². The van der Waals surface area contributed by atoms with Crippen molar-refractivity contribution in [1.82, 2.24) is 5.32 Å². The van der Waals surface area contributed by atoms with E-state index in [2.05, 4.69) is 17.4 Å². The minimum atomic E-state index is -4.24. The highest BCUT2D eigenvalue weighted by atomic mass is 19.4. The van der Waals surface area contributed by atoms with Gasteiger partial charge in [-0.3, -0.25) is 0 Å². The van der Waals surface area contributed by atoms with Crippen molar-refractivity contribution in [3.8, 4) is 0 Å². The van der Waals surface area contributed by atoms with Crippen molar-refractivity contribution in [3.05, 3.63) is 35.4 Å². The van der Waals surface area contributed by atoms with Gasteiger partial charge in [0.1, 0.15) is 6.61 Å². The molecule has 5 heteroatoms. The van der Waals surface area contributed by atoms with Crippen molar-refractivity contribution >= 4 is 0 Å². The summed E-state index contributed by atoms with van der Waals surface area (Å²) in [4.78, 5) is 0. The average molecular weight is 301 g/mol. The molecule has 1 aromatic rings. The Labute approximate surface area is 123 Å². The SMILES string of the molecule is CCNC(CCOCC(F)(F)F)CC1Cc2ccccc21. The van der Waals surface area contributed by atoms with E-state index in [0.29, 0.717) is 12.3 Å². The number of benzene rings is 1. The van der Waals surface area contributed by atoms with E-state index in [-0.39, 0.29) is 12.6 Å². The smallest absolute Gasteiger partial charge is 0.372 e. The van der Waals surface area contributed by atoms with Crippen molar-refractivity contribution in [3.63, 3.8) is 0 Å². The molecule has 0 saturated heterocycles. The fourth-order valence-electron chi connectivity index (χ4n) is 2.92. The van der Waals surface area contributed by atoms with Crippen LogP contribution in [0, 0.1) is 0 Å². The molecular formula is C16H22F3NO. The maximum absolute atomic E-state index is 12.0. The van der Waals surface area contributed by atoms with Gasteiger partial charge in [-0.1, -0.05) is 31.2 Å². The molecule has 0 amide bonds. The molecule has 0 spiro atoms. The van der Waals surface area contributed by atoms with Crippen molar-refractivity contribution in [2.24, 2.45) is 0 Å². The van der Waals surface area contributed by atoms with E-state index in [0.717, 1.165) is 19.4 Å². The van der Waals surface area contributed by atoms with Crippen molar-refractivity contribution < 1.29 is 17.9 Å². The zero-order valence-corrected chi connectivity index (χ0v) is 12.2. The summed E-state index contributed by atoms with van der Waals surface area (Å²) in [5.41, 5.74) is 2.78. The lowest BCUT2D eigenvalue weighted by molar-refractivity contribution is -0.174. The predicted octanol–water partition coefficient (Wildman–Crippen LogP) is 3.66. The average Bonchev–Trinajstić information content (AvgIpc) is 2.39. The Kier molecular flexibility index (Phi) is 5.65. The highest BCUT2D eigenvalue weighted by Crippen LogP contribution is 2.38. The Morgan fingerprint density at radius 2 is 2.10 bits per heavy atom. The fourth-order valence-corrected chi connectivity index (χ4v) is 2.92. The van der Waals surface area contributed by atoms with E-state index in [1.54, 1.807) is 0 Å². The van der Waals surface area contributed by atoms with Gasteiger partial charge in [-0.2, -0.15) is 13.2 Å². The monoisotopic (exact) mass is 301 g/mol. The highest BCUT2D eigenvalue weighted by molar-refractivity contribution is 5.39.